The second kappa shape index (κ2) is 8.06. The minimum Gasteiger partial charge on any atom is -0.469 e. The van der Waals surface area contributed by atoms with Crippen LogP contribution in [0.15, 0.2) is 82.5 Å². The fraction of sp³-hybridized carbons (Fsp3) is 0.269. The minimum atomic E-state index is -1.76. The number of carbonyl (C=O) groups excluding carboxylic acids is 3. The fourth-order valence-electron chi connectivity index (χ4n) is 5.31. The second-order valence-corrected chi connectivity index (χ2v) is 8.38. The largest absolute Gasteiger partial charge is 0.469 e. The molecule has 3 aliphatic rings. The lowest BCUT2D eigenvalue weighted by Crippen LogP contribution is -2.51. The topological polar surface area (TPSA) is 112 Å². The number of furan rings is 1. The molecule has 2 atom stereocenters. The van der Waals surface area contributed by atoms with E-state index in [0.717, 1.165) is 0 Å². The van der Waals surface area contributed by atoms with Gasteiger partial charge in [-0.25, -0.2) is 4.79 Å². The van der Waals surface area contributed by atoms with Gasteiger partial charge < -0.3 is 24.5 Å². The number of amides is 1. The summed E-state index contributed by atoms with van der Waals surface area (Å²) in [5.41, 5.74) is 5.61. The van der Waals surface area contributed by atoms with Crippen molar-refractivity contribution in [2.24, 2.45) is 5.73 Å². The van der Waals surface area contributed by atoms with Crippen LogP contribution in [0.5, 0.6) is 0 Å². The van der Waals surface area contributed by atoms with Gasteiger partial charge in [0.2, 0.25) is 11.8 Å². The van der Waals surface area contributed by atoms with Crippen molar-refractivity contribution < 1.29 is 28.3 Å². The molecule has 2 aliphatic heterocycles. The number of hydrogen-bond acceptors (Lipinski definition) is 7. The molecule has 0 radical (unpaired) electrons. The maximum absolute atomic E-state index is 14.2. The van der Waals surface area contributed by atoms with Crippen molar-refractivity contribution in [2.45, 2.75) is 31.1 Å². The molecule has 0 bridgehead atoms. The van der Waals surface area contributed by atoms with E-state index in [2.05, 4.69) is 6.58 Å². The van der Waals surface area contributed by atoms with E-state index < -0.39 is 17.3 Å². The number of allylic oxidation sites excluding steroid dienone is 1. The maximum atomic E-state index is 14.2. The van der Waals surface area contributed by atoms with Crippen LogP contribution in [0.25, 0.3) is 0 Å². The van der Waals surface area contributed by atoms with Crippen molar-refractivity contribution >= 4 is 23.3 Å². The monoisotopic (exact) mass is 460 g/mol. The van der Waals surface area contributed by atoms with Gasteiger partial charge in [0.1, 0.15) is 22.5 Å². The summed E-state index contributed by atoms with van der Waals surface area (Å²) in [5.74, 6) is -1.16. The van der Waals surface area contributed by atoms with Gasteiger partial charge in [0.15, 0.2) is 5.78 Å². The molecule has 0 saturated heterocycles. The lowest BCUT2D eigenvalue weighted by molar-refractivity contribution is -0.141. The number of hydrogen-bond donors (Lipinski definition) is 1. The third kappa shape index (κ3) is 2.88. The number of rotatable bonds is 5. The second-order valence-electron chi connectivity index (χ2n) is 8.38. The van der Waals surface area contributed by atoms with Gasteiger partial charge in [-0.2, -0.15) is 0 Å². The Labute approximate surface area is 196 Å². The summed E-state index contributed by atoms with van der Waals surface area (Å²) in [4.78, 5) is 42.7. The van der Waals surface area contributed by atoms with E-state index in [0.29, 0.717) is 23.4 Å². The standard InChI is InChI=1S/C26H24N2O6/c1-3-11-28-17-9-6-5-8-16(17)26(25(28)31)21-18(29)13-15(19-10-7-12-33-19)14-20(21)34-23(27)22(26)24(30)32-4-2/h3,5-10,12,15H,1,4,11,13-14,27H2,2H3/t15-,26+/m1/s1. The van der Waals surface area contributed by atoms with E-state index >= 15 is 0 Å². The first-order valence-corrected chi connectivity index (χ1v) is 11.1. The van der Waals surface area contributed by atoms with Gasteiger partial charge in [0, 0.05) is 36.6 Å². The number of Topliss-reactive ketones (excluding diaryl/α,β-unsaturated/α-hetero) is 1. The Kier molecular flexibility index (Phi) is 5.16. The zero-order valence-electron chi connectivity index (χ0n) is 18.7. The minimum absolute atomic E-state index is 0.0678. The molecule has 2 N–H and O–H groups in total. The van der Waals surface area contributed by atoms with E-state index in [-0.39, 0.29) is 54.1 Å². The van der Waals surface area contributed by atoms with Crippen molar-refractivity contribution in [1.29, 1.82) is 0 Å². The highest BCUT2D eigenvalue weighted by atomic mass is 16.5. The van der Waals surface area contributed by atoms with E-state index in [1.165, 1.54) is 4.90 Å². The van der Waals surface area contributed by atoms with Crippen LogP contribution in [0.3, 0.4) is 0 Å². The molecule has 8 nitrogen and oxygen atoms in total. The molecular formula is C26H24N2O6. The lowest BCUT2D eigenvalue weighted by Gasteiger charge is -2.40. The summed E-state index contributed by atoms with van der Waals surface area (Å²) in [6.45, 7) is 5.68. The molecule has 0 fully saturated rings. The third-order valence-electron chi connectivity index (χ3n) is 6.55. The number of carbonyl (C=O) groups is 3. The van der Waals surface area contributed by atoms with Crippen molar-refractivity contribution in [2.75, 3.05) is 18.1 Å². The number of nitrogens with two attached hydrogens (primary N) is 1. The average molecular weight is 460 g/mol. The van der Waals surface area contributed by atoms with Crippen LogP contribution in [0.1, 0.15) is 37.0 Å². The zero-order valence-corrected chi connectivity index (χ0v) is 18.7. The molecule has 1 amide bonds. The molecule has 174 valence electrons. The van der Waals surface area contributed by atoms with Crippen molar-refractivity contribution in [3.63, 3.8) is 0 Å². The maximum Gasteiger partial charge on any atom is 0.341 e. The predicted molar refractivity (Wildman–Crippen MR) is 122 cm³/mol. The number of anilines is 1. The number of para-hydroxylation sites is 1. The molecule has 2 aromatic rings. The molecule has 0 unspecified atom stereocenters. The SMILES string of the molecule is C=CCN1C(=O)[C@@]2(C(C(=O)OCC)=C(N)OC3=C2C(=O)C[C@@H](c2ccco2)C3)c2ccccc21. The normalized spacial score (nSPS) is 23.7. The predicted octanol–water partition coefficient (Wildman–Crippen LogP) is 3.21. The number of nitrogens with zero attached hydrogens (tertiary/aromatic N) is 1. The Morgan fingerprint density at radius 1 is 1.26 bits per heavy atom. The first kappa shape index (κ1) is 21.8. The summed E-state index contributed by atoms with van der Waals surface area (Å²) in [6.07, 6.45) is 3.54. The van der Waals surface area contributed by atoms with Crippen LogP contribution >= 0.6 is 0 Å². The molecule has 3 heterocycles. The van der Waals surface area contributed by atoms with E-state index in [1.54, 1.807) is 55.7 Å². The van der Waals surface area contributed by atoms with Crippen LogP contribution in [0.2, 0.25) is 0 Å². The highest BCUT2D eigenvalue weighted by molar-refractivity contribution is 6.23. The van der Waals surface area contributed by atoms with Crippen molar-refractivity contribution in [3.8, 4) is 0 Å². The van der Waals surface area contributed by atoms with E-state index in [4.69, 9.17) is 19.6 Å². The van der Waals surface area contributed by atoms with Crippen molar-refractivity contribution in [3.05, 3.63) is 89.4 Å². The Morgan fingerprint density at radius 2 is 2.06 bits per heavy atom. The fourth-order valence-corrected chi connectivity index (χ4v) is 5.31. The van der Waals surface area contributed by atoms with Gasteiger partial charge in [-0.3, -0.25) is 9.59 Å². The number of esters is 1. The zero-order chi connectivity index (χ0) is 24.0. The molecule has 0 saturated carbocycles. The van der Waals surface area contributed by atoms with Crippen LogP contribution < -0.4 is 10.6 Å². The van der Waals surface area contributed by atoms with Gasteiger partial charge >= 0.3 is 5.97 Å². The quantitative estimate of drug-likeness (QED) is 0.539. The van der Waals surface area contributed by atoms with E-state index in [9.17, 15) is 14.4 Å². The summed E-state index contributed by atoms with van der Waals surface area (Å²) in [5, 5.41) is 0. The Hall–Kier alpha value is -4.07. The van der Waals surface area contributed by atoms with Gasteiger partial charge in [-0.1, -0.05) is 24.3 Å². The van der Waals surface area contributed by atoms with Crippen LogP contribution in [0.4, 0.5) is 5.69 Å². The van der Waals surface area contributed by atoms with Crippen LogP contribution in [-0.2, 0) is 29.3 Å². The summed E-state index contributed by atoms with van der Waals surface area (Å²) in [6, 6.07) is 10.6. The first-order chi connectivity index (χ1) is 16.4. The average Bonchev–Trinajstić information content (AvgIpc) is 3.42. The van der Waals surface area contributed by atoms with Crippen molar-refractivity contribution in [1.82, 2.24) is 0 Å². The first-order valence-electron chi connectivity index (χ1n) is 11.1. The summed E-state index contributed by atoms with van der Waals surface area (Å²) >= 11 is 0. The van der Waals surface area contributed by atoms with Crippen LogP contribution in [-0.4, -0.2) is 30.8 Å². The number of fused-ring (bicyclic) bond motifs is 3. The Bertz CT molecular complexity index is 1270. The van der Waals surface area contributed by atoms with Gasteiger partial charge in [0.25, 0.3) is 0 Å². The smallest absolute Gasteiger partial charge is 0.341 e. The molecule has 1 aromatic carbocycles. The lowest BCUT2D eigenvalue weighted by atomic mass is 9.63. The summed E-state index contributed by atoms with van der Waals surface area (Å²) in [7, 11) is 0. The number of benzene rings is 1. The highest BCUT2D eigenvalue weighted by Gasteiger charge is 2.64. The van der Waals surface area contributed by atoms with E-state index in [1.807, 2.05) is 0 Å². The summed E-state index contributed by atoms with van der Waals surface area (Å²) < 4.78 is 16.7. The molecule has 8 heteroatoms. The van der Waals surface area contributed by atoms with Crippen LogP contribution in [0, 0.1) is 0 Å². The number of ketones is 1. The third-order valence-corrected chi connectivity index (χ3v) is 6.55. The Balaban J connectivity index is 1.78. The van der Waals surface area contributed by atoms with Gasteiger partial charge in [0.05, 0.1) is 18.4 Å². The van der Waals surface area contributed by atoms with Gasteiger partial charge in [-0.15, -0.1) is 6.58 Å². The molecule has 1 spiro atoms. The molecule has 1 aliphatic carbocycles. The Morgan fingerprint density at radius 3 is 2.76 bits per heavy atom. The number of ether oxygens (including phenoxy) is 2. The molecule has 5 rings (SSSR count). The molecule has 34 heavy (non-hydrogen) atoms. The highest BCUT2D eigenvalue weighted by Crippen LogP contribution is 2.57. The van der Waals surface area contributed by atoms with Gasteiger partial charge in [-0.05, 0) is 25.1 Å². The molecular weight excluding hydrogens is 436 g/mol. The molecule has 1 aromatic heterocycles.